The maximum absolute atomic E-state index is 11.2. The Labute approximate surface area is 77.7 Å². The molecule has 0 fully saturated rings. The van der Waals surface area contributed by atoms with Crippen LogP contribution < -0.4 is 4.72 Å². The number of carbonyl (C=O) groups is 1. The second-order valence-electron chi connectivity index (χ2n) is 2.54. The van der Waals surface area contributed by atoms with Gasteiger partial charge in [0.15, 0.2) is 0 Å². The summed E-state index contributed by atoms with van der Waals surface area (Å²) in [7, 11) is -2.22. The fraction of sp³-hybridized carbons (Fsp3) is 0.833. The van der Waals surface area contributed by atoms with E-state index in [1.54, 1.807) is 0 Å². The molecule has 0 aromatic rings. The van der Waals surface area contributed by atoms with E-state index in [2.05, 4.69) is 0 Å². The van der Waals surface area contributed by atoms with Crippen LogP contribution in [0.2, 0.25) is 0 Å². The largest absolute Gasteiger partial charge is 0.480 e. The Morgan fingerprint density at radius 1 is 1.54 bits per heavy atom. The van der Waals surface area contributed by atoms with Crippen LogP contribution in [0, 0.1) is 0 Å². The van der Waals surface area contributed by atoms with Crippen molar-refractivity contribution in [1.29, 1.82) is 0 Å². The van der Waals surface area contributed by atoms with Gasteiger partial charge in [-0.3, -0.25) is 4.79 Å². The topological polar surface area (TPSA) is 86.7 Å². The molecule has 0 aliphatic heterocycles. The molecule has 7 heteroatoms. The molecule has 0 aliphatic carbocycles. The summed E-state index contributed by atoms with van der Waals surface area (Å²) in [5.74, 6) is -1.20. The van der Waals surface area contributed by atoms with Crippen LogP contribution >= 0.6 is 0 Å². The van der Waals surface area contributed by atoms with Gasteiger partial charge in [-0.05, 0) is 6.42 Å². The van der Waals surface area contributed by atoms with Gasteiger partial charge in [-0.2, -0.15) is 17.4 Å². The van der Waals surface area contributed by atoms with Crippen molar-refractivity contribution in [3.8, 4) is 0 Å². The number of rotatable bonds is 6. The summed E-state index contributed by atoms with van der Waals surface area (Å²) < 4.78 is 25.4. The second kappa shape index (κ2) is 5.15. The van der Waals surface area contributed by atoms with Gasteiger partial charge in [0.05, 0.1) is 0 Å². The summed E-state index contributed by atoms with van der Waals surface area (Å²) in [5.41, 5.74) is 0. The van der Waals surface area contributed by atoms with Crippen molar-refractivity contribution in [2.45, 2.75) is 13.3 Å². The van der Waals surface area contributed by atoms with Crippen LogP contribution in [0.5, 0.6) is 0 Å². The molecule has 0 unspecified atom stereocenters. The average Bonchev–Trinajstić information content (AvgIpc) is 2.01. The highest BCUT2D eigenvalue weighted by Crippen LogP contribution is 1.94. The van der Waals surface area contributed by atoms with Crippen molar-refractivity contribution in [2.24, 2.45) is 0 Å². The first-order valence-electron chi connectivity index (χ1n) is 3.83. The van der Waals surface area contributed by atoms with E-state index in [4.69, 9.17) is 5.11 Å². The van der Waals surface area contributed by atoms with Crippen LogP contribution in [0.25, 0.3) is 0 Å². The van der Waals surface area contributed by atoms with E-state index in [9.17, 15) is 13.2 Å². The first-order chi connectivity index (χ1) is 5.90. The van der Waals surface area contributed by atoms with Crippen LogP contribution in [0.1, 0.15) is 13.3 Å². The number of carboxylic acid groups (broad SMARTS) is 1. The van der Waals surface area contributed by atoms with Gasteiger partial charge in [0, 0.05) is 13.6 Å². The molecule has 0 radical (unpaired) electrons. The molecule has 0 saturated carbocycles. The number of hydrogen-bond donors (Lipinski definition) is 2. The summed E-state index contributed by atoms with van der Waals surface area (Å²) in [6.45, 7) is 1.62. The molecule has 0 aromatic heterocycles. The van der Waals surface area contributed by atoms with Gasteiger partial charge in [0.1, 0.15) is 6.54 Å². The van der Waals surface area contributed by atoms with Crippen LogP contribution in [0.15, 0.2) is 0 Å². The zero-order valence-corrected chi connectivity index (χ0v) is 8.47. The Morgan fingerprint density at radius 2 is 2.08 bits per heavy atom. The highest BCUT2D eigenvalue weighted by Gasteiger charge is 2.16. The van der Waals surface area contributed by atoms with E-state index in [0.29, 0.717) is 13.0 Å². The molecule has 0 atom stereocenters. The molecule has 0 spiro atoms. The standard InChI is InChI=1S/C6H14N2O4S/c1-3-4-8(2)13(11,12)7-5-6(9)10/h7H,3-5H2,1-2H3,(H,9,10). The molecule has 0 aliphatic rings. The van der Waals surface area contributed by atoms with Gasteiger partial charge in [-0.25, -0.2) is 0 Å². The summed E-state index contributed by atoms with van der Waals surface area (Å²) >= 11 is 0. The van der Waals surface area contributed by atoms with E-state index in [1.807, 2.05) is 11.6 Å². The third kappa shape index (κ3) is 4.81. The molecule has 13 heavy (non-hydrogen) atoms. The minimum atomic E-state index is -3.62. The maximum atomic E-state index is 11.2. The number of aliphatic carboxylic acids is 1. The third-order valence-corrected chi connectivity index (χ3v) is 2.87. The van der Waals surface area contributed by atoms with Crippen molar-refractivity contribution in [3.05, 3.63) is 0 Å². The maximum Gasteiger partial charge on any atom is 0.318 e. The Hall–Kier alpha value is -0.660. The minimum Gasteiger partial charge on any atom is -0.480 e. The Morgan fingerprint density at radius 3 is 2.46 bits per heavy atom. The predicted molar refractivity (Wildman–Crippen MR) is 47.5 cm³/mol. The van der Waals surface area contributed by atoms with E-state index in [-0.39, 0.29) is 0 Å². The molecule has 6 nitrogen and oxygen atoms in total. The molecule has 0 saturated heterocycles. The Balaban J connectivity index is 4.15. The van der Waals surface area contributed by atoms with Gasteiger partial charge in [-0.15, -0.1) is 0 Å². The van der Waals surface area contributed by atoms with Crippen LogP contribution in [-0.2, 0) is 15.0 Å². The van der Waals surface area contributed by atoms with Crippen molar-refractivity contribution in [2.75, 3.05) is 20.1 Å². The summed E-state index contributed by atoms with van der Waals surface area (Å²) in [5, 5.41) is 8.24. The van der Waals surface area contributed by atoms with Gasteiger partial charge in [0.2, 0.25) is 0 Å². The lowest BCUT2D eigenvalue weighted by molar-refractivity contribution is -0.135. The lowest BCUT2D eigenvalue weighted by Gasteiger charge is -2.15. The van der Waals surface area contributed by atoms with Crippen LogP contribution in [0.4, 0.5) is 0 Å². The van der Waals surface area contributed by atoms with E-state index >= 15 is 0 Å². The van der Waals surface area contributed by atoms with Crippen LogP contribution in [-0.4, -0.2) is 43.9 Å². The number of hydrogen-bond acceptors (Lipinski definition) is 3. The molecule has 0 bridgehead atoms. The lowest BCUT2D eigenvalue weighted by atomic mass is 10.5. The zero-order valence-electron chi connectivity index (χ0n) is 7.65. The Bertz CT molecular complexity index is 262. The highest BCUT2D eigenvalue weighted by atomic mass is 32.2. The second-order valence-corrected chi connectivity index (χ2v) is 4.40. The molecular formula is C6H14N2O4S. The molecule has 0 aromatic carbocycles. The van der Waals surface area contributed by atoms with Gasteiger partial charge < -0.3 is 5.11 Å². The summed E-state index contributed by atoms with van der Waals surface area (Å²) in [6, 6.07) is 0. The van der Waals surface area contributed by atoms with Gasteiger partial charge in [-0.1, -0.05) is 6.92 Å². The van der Waals surface area contributed by atoms with Crippen molar-refractivity contribution >= 4 is 16.2 Å². The van der Waals surface area contributed by atoms with Crippen molar-refractivity contribution in [1.82, 2.24) is 9.03 Å². The average molecular weight is 210 g/mol. The minimum absolute atomic E-state index is 0.370. The van der Waals surface area contributed by atoms with Crippen molar-refractivity contribution in [3.63, 3.8) is 0 Å². The smallest absolute Gasteiger partial charge is 0.318 e. The predicted octanol–water partition coefficient (Wildman–Crippen LogP) is -0.753. The Kier molecular flexibility index (Phi) is 4.89. The third-order valence-electron chi connectivity index (χ3n) is 1.35. The summed E-state index contributed by atoms with van der Waals surface area (Å²) in [4.78, 5) is 10.1. The number of nitrogens with one attached hydrogen (secondary N) is 1. The zero-order chi connectivity index (χ0) is 10.5. The van der Waals surface area contributed by atoms with E-state index < -0.39 is 22.7 Å². The molecule has 78 valence electrons. The summed E-state index contributed by atoms with van der Waals surface area (Å²) in [6.07, 6.45) is 0.685. The fourth-order valence-corrected chi connectivity index (χ4v) is 1.65. The molecule has 2 N–H and O–H groups in total. The first kappa shape index (κ1) is 12.3. The fourth-order valence-electron chi connectivity index (χ4n) is 0.698. The van der Waals surface area contributed by atoms with E-state index in [1.165, 1.54) is 7.05 Å². The first-order valence-corrected chi connectivity index (χ1v) is 5.27. The molecule has 0 amide bonds. The molecular weight excluding hydrogens is 196 g/mol. The molecule has 0 heterocycles. The highest BCUT2D eigenvalue weighted by molar-refractivity contribution is 7.87. The van der Waals surface area contributed by atoms with Gasteiger partial charge in [0.25, 0.3) is 10.2 Å². The quantitative estimate of drug-likeness (QED) is 0.603. The van der Waals surface area contributed by atoms with Gasteiger partial charge >= 0.3 is 5.97 Å². The monoisotopic (exact) mass is 210 g/mol. The number of nitrogens with zero attached hydrogens (tertiary/aromatic N) is 1. The number of carboxylic acids is 1. The SMILES string of the molecule is CCCN(C)S(=O)(=O)NCC(=O)O. The normalized spacial score (nSPS) is 11.9. The molecule has 0 rings (SSSR count). The van der Waals surface area contributed by atoms with Crippen LogP contribution in [0.3, 0.4) is 0 Å². The van der Waals surface area contributed by atoms with Crippen molar-refractivity contribution < 1.29 is 18.3 Å². The lowest BCUT2D eigenvalue weighted by Crippen LogP contribution is -2.40. The van der Waals surface area contributed by atoms with E-state index in [0.717, 1.165) is 4.31 Å².